The summed E-state index contributed by atoms with van der Waals surface area (Å²) in [5.41, 5.74) is 11.6. The number of hydrogen-bond acceptors (Lipinski definition) is 5. The molecule has 8 rings (SSSR count). The van der Waals surface area contributed by atoms with E-state index in [1.54, 1.807) is 7.05 Å². The molecule has 6 aromatic rings. The van der Waals surface area contributed by atoms with Gasteiger partial charge in [-0.3, -0.25) is 4.99 Å². The van der Waals surface area contributed by atoms with Gasteiger partial charge in [0.05, 0.1) is 29.7 Å². The van der Waals surface area contributed by atoms with Crippen molar-refractivity contribution in [2.45, 2.75) is 31.3 Å². The molecule has 2 aliphatic rings. The van der Waals surface area contributed by atoms with Gasteiger partial charge in [0.15, 0.2) is 0 Å². The van der Waals surface area contributed by atoms with E-state index >= 15 is 0 Å². The minimum absolute atomic E-state index is 0.109. The molecule has 0 N–H and O–H groups in total. The Labute approximate surface area is 390 Å². The lowest BCUT2D eigenvalue weighted by molar-refractivity contribution is -0.137. The average molecular weight is 897 g/mol. The lowest BCUT2D eigenvalue weighted by Gasteiger charge is -2.34. The summed E-state index contributed by atoms with van der Waals surface area (Å²) in [5.74, 6) is 0.504. The molecule has 0 fully saturated rings. The summed E-state index contributed by atoms with van der Waals surface area (Å²) in [7, 11) is 6.93. The predicted molar refractivity (Wildman–Crippen MR) is 269 cm³/mol. The van der Waals surface area contributed by atoms with Crippen LogP contribution in [0.4, 0.5) is 13.2 Å². The first-order valence-electron chi connectivity index (χ1n) is 21.9. The second-order valence-corrected chi connectivity index (χ2v) is 17.7. The van der Waals surface area contributed by atoms with Crippen molar-refractivity contribution < 1.29 is 22.7 Å². The Kier molecular flexibility index (Phi) is 13.3. The third-order valence-corrected chi connectivity index (χ3v) is 13.6. The van der Waals surface area contributed by atoms with Crippen LogP contribution in [-0.4, -0.2) is 50.6 Å². The number of carbonyl (C=O) groups is 1. The molecular weight excluding hydrogens is 846 g/mol. The highest BCUT2D eigenvalue weighted by atomic mass is 32.2. The zero-order chi connectivity index (χ0) is 46.7. The molecule has 1 heterocycles. The number of esters is 1. The fourth-order valence-electron chi connectivity index (χ4n) is 9.27. The fourth-order valence-corrected chi connectivity index (χ4v) is 10.7. The monoisotopic (exact) mass is 896 g/mol. The van der Waals surface area contributed by atoms with Crippen LogP contribution in [0.15, 0.2) is 197 Å². The molecule has 4 nitrogen and oxygen atoms in total. The van der Waals surface area contributed by atoms with Gasteiger partial charge in [-0.1, -0.05) is 153 Å². The van der Waals surface area contributed by atoms with Gasteiger partial charge in [0.2, 0.25) is 0 Å². The van der Waals surface area contributed by atoms with Crippen molar-refractivity contribution in [2.24, 2.45) is 10.9 Å². The maximum absolute atomic E-state index is 14.8. The van der Waals surface area contributed by atoms with Crippen molar-refractivity contribution in [3.8, 4) is 0 Å². The number of aliphatic imine (C=N–C) groups is 1. The number of methoxy groups -OCH3 is 1. The molecule has 1 aliphatic heterocycles. The molecule has 0 aromatic heterocycles. The van der Waals surface area contributed by atoms with Gasteiger partial charge in [0.1, 0.15) is 0 Å². The maximum Gasteiger partial charge on any atom is 0.416 e. The Hall–Kier alpha value is -6.90. The van der Waals surface area contributed by atoms with Crippen LogP contribution in [0.1, 0.15) is 59.2 Å². The van der Waals surface area contributed by atoms with Crippen LogP contribution in [0.3, 0.4) is 0 Å². The summed E-state index contributed by atoms with van der Waals surface area (Å²) in [6, 6.07) is 45.5. The minimum Gasteiger partial charge on any atom is -0.465 e. The molecule has 0 saturated carbocycles. The van der Waals surface area contributed by atoms with Crippen LogP contribution in [0.5, 0.6) is 0 Å². The van der Waals surface area contributed by atoms with Gasteiger partial charge in [0.25, 0.3) is 0 Å². The highest BCUT2D eigenvalue weighted by molar-refractivity contribution is 7.99. The van der Waals surface area contributed by atoms with Gasteiger partial charge in [-0.2, -0.15) is 13.2 Å². The molecule has 0 spiro atoms. The van der Waals surface area contributed by atoms with Crippen LogP contribution in [0.25, 0.3) is 38.6 Å². The molecule has 332 valence electrons. The number of allylic oxidation sites excluding steroid dienone is 8. The molecule has 66 heavy (non-hydrogen) atoms. The van der Waals surface area contributed by atoms with Gasteiger partial charge < -0.3 is 9.64 Å². The van der Waals surface area contributed by atoms with Crippen LogP contribution in [0.2, 0.25) is 0 Å². The van der Waals surface area contributed by atoms with E-state index in [-0.39, 0.29) is 11.3 Å². The predicted octanol–water partition coefficient (Wildman–Crippen LogP) is 14.5. The SMILES string of the molecule is C=C(/C(=C(/C(=C(C)/C(=C(/C(=O)OC)C(=NC)c1ccc(C(F)(F)F)cc1)c1ccccc1)c1cc2ccccc2c2c1C1=C(CS2)C(C)CC=C1)N(C)C)c1ccccc1)c1ccccc1. The quantitative estimate of drug-likeness (QED) is 0.0562. The third kappa shape index (κ3) is 8.78. The van der Waals surface area contributed by atoms with Gasteiger partial charge in [-0.25, -0.2) is 4.79 Å². The van der Waals surface area contributed by atoms with E-state index in [0.717, 1.165) is 85.3 Å². The Bertz CT molecular complexity index is 3030. The van der Waals surface area contributed by atoms with Crippen LogP contribution >= 0.6 is 11.8 Å². The number of likely N-dealkylation sites (N-methyl/N-ethyl adjacent to an activating group) is 1. The number of rotatable bonds is 11. The molecule has 6 aromatic carbocycles. The number of thioether (sulfide) groups is 1. The lowest BCUT2D eigenvalue weighted by atomic mass is 9.77. The van der Waals surface area contributed by atoms with Crippen molar-refractivity contribution in [1.29, 1.82) is 0 Å². The zero-order valence-corrected chi connectivity index (χ0v) is 38.8. The number of nitrogens with zero attached hydrogens (tertiary/aromatic N) is 2. The van der Waals surface area contributed by atoms with E-state index in [2.05, 4.69) is 83.6 Å². The summed E-state index contributed by atoms with van der Waals surface area (Å²) in [5, 5.41) is 2.21. The molecular formula is C58H51F3N2O2S. The molecule has 1 aliphatic carbocycles. The minimum atomic E-state index is -4.56. The largest absolute Gasteiger partial charge is 0.465 e. The number of carbonyl (C=O) groups excluding carboxylic acids is 1. The molecule has 0 amide bonds. The van der Waals surface area contributed by atoms with Gasteiger partial charge in [-0.05, 0) is 92.8 Å². The lowest BCUT2D eigenvalue weighted by Crippen LogP contribution is -2.21. The Morgan fingerprint density at radius 1 is 0.773 bits per heavy atom. The summed E-state index contributed by atoms with van der Waals surface area (Å²) in [6.45, 7) is 9.15. The van der Waals surface area contributed by atoms with Crippen LogP contribution in [-0.2, 0) is 15.7 Å². The highest BCUT2D eigenvalue weighted by Gasteiger charge is 2.35. The maximum atomic E-state index is 14.8. The summed E-state index contributed by atoms with van der Waals surface area (Å²) >= 11 is 1.86. The average Bonchev–Trinajstić information content (AvgIpc) is 3.34. The Morgan fingerprint density at radius 3 is 1.92 bits per heavy atom. The number of halogens is 3. The van der Waals surface area contributed by atoms with Gasteiger partial charge in [-0.15, -0.1) is 11.8 Å². The topological polar surface area (TPSA) is 41.9 Å². The summed E-state index contributed by atoms with van der Waals surface area (Å²) in [4.78, 5) is 22.7. The second kappa shape index (κ2) is 19.3. The van der Waals surface area contributed by atoms with Crippen molar-refractivity contribution in [3.63, 3.8) is 0 Å². The Balaban J connectivity index is 1.63. The van der Waals surface area contributed by atoms with Gasteiger partial charge in [0, 0.05) is 59.6 Å². The Morgan fingerprint density at radius 2 is 1.35 bits per heavy atom. The zero-order valence-electron chi connectivity index (χ0n) is 38.0. The van der Waals surface area contributed by atoms with E-state index in [1.807, 2.05) is 99.5 Å². The van der Waals surface area contributed by atoms with E-state index < -0.39 is 17.7 Å². The van der Waals surface area contributed by atoms with Crippen molar-refractivity contribution >= 4 is 62.1 Å². The van der Waals surface area contributed by atoms with E-state index in [0.29, 0.717) is 22.6 Å². The number of hydrogen-bond donors (Lipinski definition) is 0. The summed E-state index contributed by atoms with van der Waals surface area (Å²) < 4.78 is 47.5. The highest BCUT2D eigenvalue weighted by Crippen LogP contribution is 2.52. The molecule has 0 saturated heterocycles. The van der Waals surface area contributed by atoms with Crippen molar-refractivity contribution in [3.05, 3.63) is 226 Å². The molecule has 0 radical (unpaired) electrons. The van der Waals surface area contributed by atoms with E-state index in [1.165, 1.54) is 35.3 Å². The second-order valence-electron chi connectivity index (χ2n) is 16.7. The van der Waals surface area contributed by atoms with E-state index in [4.69, 9.17) is 11.3 Å². The number of alkyl halides is 3. The smallest absolute Gasteiger partial charge is 0.416 e. The van der Waals surface area contributed by atoms with Crippen LogP contribution < -0.4 is 0 Å². The van der Waals surface area contributed by atoms with Crippen molar-refractivity contribution in [2.75, 3.05) is 34.0 Å². The number of benzene rings is 6. The first-order valence-corrected chi connectivity index (χ1v) is 22.9. The number of fused-ring (bicyclic) bond motifs is 4. The first-order chi connectivity index (χ1) is 31.8. The van der Waals surface area contributed by atoms with Gasteiger partial charge >= 0.3 is 12.1 Å². The van der Waals surface area contributed by atoms with Crippen LogP contribution in [0, 0.1) is 5.92 Å². The molecule has 8 heteroatoms. The van der Waals surface area contributed by atoms with Crippen molar-refractivity contribution in [1.82, 2.24) is 4.90 Å². The van der Waals surface area contributed by atoms with E-state index in [9.17, 15) is 18.0 Å². The molecule has 1 atom stereocenters. The first kappa shape index (κ1) is 45.7. The molecule has 1 unspecified atom stereocenters. The standard InChI is InChI=1S/C58H51F3N2O2S/c1-36-20-19-29-46-48(36)35-66-56-45-28-18-17-27-43(45)34-47(52(46)56)51(55(63(5)6)50(41-25-15-10-16-26-41)37(2)39-21-11-8-12-22-39)38(3)49(40-23-13-9-14-24-40)53(57(64)65-7)54(62-4)42-30-32-44(33-31-42)58(59,60)61/h8-19,21-34,36H,2,20,35H2,1,3-7H3/b51-38+,53-49-,55-50+,62-54?. The number of ether oxygens (including phenoxy) is 1. The fraction of sp³-hybridized carbons (Fsp3) is 0.172. The third-order valence-electron chi connectivity index (χ3n) is 12.4. The summed E-state index contributed by atoms with van der Waals surface area (Å²) in [6.07, 6.45) is 0.940. The molecule has 0 bridgehead atoms. The normalized spacial score (nSPS) is 16.1.